The van der Waals surface area contributed by atoms with Gasteiger partial charge >= 0.3 is 0 Å². The zero-order valence-electron chi connectivity index (χ0n) is 3.58. The van der Waals surface area contributed by atoms with E-state index in [2.05, 4.69) is 0 Å². The second-order valence-electron chi connectivity index (χ2n) is 1.29. The SMILES string of the molecule is CP(C)(=O)O.[Md]. The molecule has 1 N–H and O–H groups in total. The maximum atomic E-state index is 9.77. The van der Waals surface area contributed by atoms with Crippen LogP contribution in [0.15, 0.2) is 0 Å². The molecule has 0 atom stereocenters. The van der Waals surface area contributed by atoms with Crippen LogP contribution in [-0.2, 0) is 4.57 Å². The average Bonchev–Trinajstić information content (AvgIpc) is 0.722. The van der Waals surface area contributed by atoms with Gasteiger partial charge in [-0.2, -0.15) is 0 Å². The first-order chi connectivity index (χ1) is 2.00. The van der Waals surface area contributed by atoms with Gasteiger partial charge in [0.05, 0.1) is 0 Å². The Kier molecular flexibility index (Phi) is 2.36. The molecule has 0 aromatic carbocycles. The largest absolute Gasteiger partial charge is 0.345 e. The third-order valence-corrected chi connectivity index (χ3v) is 0. The number of hydrogen-bond donors (Lipinski definition) is 1. The Balaban J connectivity index is 0. The topological polar surface area (TPSA) is 37.3 Å². The maximum absolute atomic E-state index is 9.77. The second kappa shape index (κ2) is 1.58. The molecule has 0 aromatic rings. The molecule has 1 radical (unpaired) electrons. The zero-order valence-corrected chi connectivity index (χ0v) is 6.78. The fraction of sp³-hybridized carbons (Fsp3) is 1.00. The quantitative estimate of drug-likeness (QED) is 0.646. The summed E-state index contributed by atoms with van der Waals surface area (Å²) in [7, 11) is -2.64. The standard InChI is InChI=1S/C2H7O2P.Md/c1-5(2,3)4;/h1-2H3,(H,3,4);. The first kappa shape index (κ1) is 8.95. The van der Waals surface area contributed by atoms with Crippen LogP contribution in [0, 0.1) is 0 Å². The van der Waals surface area contributed by atoms with Crippen LogP contribution in [0.1, 0.15) is 0 Å². The minimum absolute atomic E-state index is 0. The fourth-order valence-electron chi connectivity index (χ4n) is 0. The molecule has 0 rings (SSSR count). The molecule has 0 fully saturated rings. The van der Waals surface area contributed by atoms with Crippen molar-refractivity contribution in [1.82, 2.24) is 0 Å². The van der Waals surface area contributed by atoms with Gasteiger partial charge < -0.3 is 4.89 Å². The van der Waals surface area contributed by atoms with Gasteiger partial charge in [0.1, 0.15) is 0 Å². The van der Waals surface area contributed by atoms with Crippen LogP contribution in [0.4, 0.5) is 0 Å². The van der Waals surface area contributed by atoms with Crippen molar-refractivity contribution in [3.8, 4) is 0 Å². The van der Waals surface area contributed by atoms with Crippen molar-refractivity contribution < 1.29 is 9.46 Å². The molecule has 0 saturated heterocycles. The number of rotatable bonds is 0. The zero-order chi connectivity index (χ0) is 4.50. The molecule has 0 amide bonds. The summed E-state index contributed by atoms with van der Waals surface area (Å²) >= 11 is 0. The molecule has 6 heavy (non-hydrogen) atoms. The molecule has 0 spiro atoms. The molecule has 0 heterocycles. The van der Waals surface area contributed by atoms with E-state index in [-0.39, 0.29) is 0 Å². The first-order valence-corrected chi connectivity index (χ1v) is 3.83. The van der Waals surface area contributed by atoms with Crippen molar-refractivity contribution in [3.63, 3.8) is 0 Å². The van der Waals surface area contributed by atoms with E-state index in [1.165, 1.54) is 13.3 Å². The van der Waals surface area contributed by atoms with Crippen molar-refractivity contribution in [2.45, 2.75) is 0 Å². The van der Waals surface area contributed by atoms with E-state index < -0.39 is 7.37 Å². The molecular formula is C2H7MdO2P. The Labute approximate surface area is 31.3 Å². The minimum Gasteiger partial charge on any atom is -0.345 e. The number of hydrogen-bond acceptors (Lipinski definition) is 1. The Hall–Kier alpha value is -0.810. The molecule has 4 heteroatoms. The summed E-state index contributed by atoms with van der Waals surface area (Å²) in [5, 5.41) is 0. The molecule has 0 bridgehead atoms. The van der Waals surface area contributed by atoms with Crippen LogP contribution in [0.2, 0.25) is 0 Å². The van der Waals surface area contributed by atoms with Gasteiger partial charge in [-0.1, -0.05) is 0 Å². The summed E-state index contributed by atoms with van der Waals surface area (Å²) in [6.07, 6.45) is 0. The Morgan fingerprint density at radius 1 is 1.50 bits per heavy atom. The minimum atomic E-state index is -2.64. The summed E-state index contributed by atoms with van der Waals surface area (Å²) in [6, 6.07) is 0. The Morgan fingerprint density at radius 2 is 1.50 bits per heavy atom. The van der Waals surface area contributed by atoms with Crippen LogP contribution < -0.4 is 0 Å². The molecule has 45 valence electrons. The summed E-state index contributed by atoms with van der Waals surface area (Å²) in [5.74, 6) is 0. The van der Waals surface area contributed by atoms with E-state index in [4.69, 9.17) is 4.89 Å². The smallest absolute Gasteiger partial charge is 0.194 e. The third kappa shape index (κ3) is 23.3. The van der Waals surface area contributed by atoms with Gasteiger partial charge in [-0.25, -0.2) is 0 Å². The van der Waals surface area contributed by atoms with Crippen LogP contribution in [0.5, 0.6) is 0 Å². The summed E-state index contributed by atoms with van der Waals surface area (Å²) in [6.45, 7) is 2.60. The van der Waals surface area contributed by atoms with Crippen molar-refractivity contribution in [3.05, 3.63) is 0 Å². The van der Waals surface area contributed by atoms with Crippen LogP contribution in [0.25, 0.3) is 0 Å². The molecule has 0 unspecified atom stereocenters. The van der Waals surface area contributed by atoms with Gasteiger partial charge in [0.15, 0.2) is 7.37 Å². The van der Waals surface area contributed by atoms with Crippen LogP contribution >= 0.6 is 7.37 Å². The van der Waals surface area contributed by atoms with Crippen LogP contribution in [-0.4, -0.2) is 18.2 Å². The van der Waals surface area contributed by atoms with Gasteiger partial charge in [0.25, 0.3) is 0 Å². The Morgan fingerprint density at radius 3 is 1.50 bits per heavy atom. The molecule has 0 aliphatic carbocycles. The summed E-state index contributed by atoms with van der Waals surface area (Å²) in [4.78, 5) is 8.08. The molecule has 0 aliphatic heterocycles. The van der Waals surface area contributed by atoms with E-state index in [1.807, 2.05) is 0 Å². The molecule has 0 aliphatic rings. The molecule has 2 nitrogen and oxygen atoms in total. The second-order valence-corrected chi connectivity index (χ2v) is 3.88. The first-order valence-electron chi connectivity index (χ1n) is 1.28. The van der Waals surface area contributed by atoms with Crippen molar-refractivity contribution in [1.29, 1.82) is 0 Å². The summed E-state index contributed by atoms with van der Waals surface area (Å²) < 4.78 is 9.77. The average molecular weight is 352 g/mol. The Bertz CT molecular complexity index is 57.7. The fourth-order valence-corrected chi connectivity index (χ4v) is 0. The van der Waals surface area contributed by atoms with E-state index in [1.54, 1.807) is 0 Å². The molecular weight excluding hydrogens is 345 g/mol. The molecule has 0 aromatic heterocycles. The van der Waals surface area contributed by atoms with Crippen LogP contribution in [0.3, 0.4) is 0 Å². The van der Waals surface area contributed by atoms with E-state index in [9.17, 15) is 4.57 Å². The molecule has 0 saturated carbocycles. The van der Waals surface area contributed by atoms with Crippen molar-refractivity contribution >= 4 is 7.37 Å². The van der Waals surface area contributed by atoms with Gasteiger partial charge in [0.2, 0.25) is 0 Å². The van der Waals surface area contributed by atoms with Gasteiger partial charge in [0, 0.05) is 13.3 Å². The van der Waals surface area contributed by atoms with Gasteiger partial charge in [-0.3, -0.25) is 4.57 Å². The van der Waals surface area contributed by atoms with E-state index in [0.717, 1.165) is 0 Å². The predicted molar refractivity (Wildman–Crippen MR) is 21.7 cm³/mol. The third-order valence-electron chi connectivity index (χ3n) is 0. The van der Waals surface area contributed by atoms with Gasteiger partial charge in [-0.05, 0) is 0 Å². The normalized spacial score (nSPS) is 9.83. The predicted octanol–water partition coefficient (Wildman–Crippen LogP) is 0.516. The summed E-state index contributed by atoms with van der Waals surface area (Å²) in [5.41, 5.74) is 0. The van der Waals surface area contributed by atoms with E-state index >= 15 is 0 Å². The monoisotopic (exact) mass is 352 g/mol. The van der Waals surface area contributed by atoms with E-state index in [0.29, 0.717) is 0 Å². The maximum Gasteiger partial charge on any atom is 0.194 e. The van der Waals surface area contributed by atoms with Crippen molar-refractivity contribution in [2.75, 3.05) is 13.3 Å². The van der Waals surface area contributed by atoms with Crippen molar-refractivity contribution in [2.24, 2.45) is 0 Å². The van der Waals surface area contributed by atoms with Gasteiger partial charge in [-0.15, -0.1) is 0 Å².